The smallest absolute Gasteiger partial charge is 0.340 e. The molecule has 0 radical (unpaired) electrons. The van der Waals surface area contributed by atoms with E-state index < -0.39 is 5.97 Å². The average molecular weight is 192 g/mol. The molecule has 0 atom stereocenters. The van der Waals surface area contributed by atoms with Gasteiger partial charge < -0.3 is 15.6 Å². The topological polar surface area (TPSA) is 96.3 Å². The molecule has 1 rings (SSSR count). The Kier molecular flexibility index (Phi) is 2.58. The van der Waals surface area contributed by atoms with Crippen molar-refractivity contribution in [2.24, 2.45) is 0 Å². The fraction of sp³-hybridized carbons (Fsp3) is 0.111. The lowest BCUT2D eigenvalue weighted by molar-refractivity contribution is 0.0693. The number of methoxy groups -OCH3 is 1. The van der Waals surface area contributed by atoms with Crippen molar-refractivity contribution in [3.8, 4) is 11.8 Å². The van der Waals surface area contributed by atoms with Crippen molar-refractivity contribution in [2.75, 3.05) is 12.8 Å². The van der Waals surface area contributed by atoms with E-state index in [0.29, 0.717) is 0 Å². The highest BCUT2D eigenvalue weighted by molar-refractivity contribution is 5.95. The van der Waals surface area contributed by atoms with Crippen molar-refractivity contribution in [3.05, 3.63) is 23.3 Å². The van der Waals surface area contributed by atoms with E-state index in [-0.39, 0.29) is 22.6 Å². The van der Waals surface area contributed by atoms with E-state index in [1.54, 1.807) is 6.07 Å². The second-order valence-corrected chi connectivity index (χ2v) is 2.52. The van der Waals surface area contributed by atoms with Crippen LogP contribution >= 0.6 is 0 Å². The number of carboxylic acid groups (broad SMARTS) is 1. The molecule has 0 amide bonds. The summed E-state index contributed by atoms with van der Waals surface area (Å²) in [5, 5.41) is 17.6. The number of ether oxygens (including phenoxy) is 1. The van der Waals surface area contributed by atoms with Crippen LogP contribution in [0.2, 0.25) is 0 Å². The third-order valence-corrected chi connectivity index (χ3v) is 1.74. The first-order valence-corrected chi connectivity index (χ1v) is 3.71. The van der Waals surface area contributed by atoms with Gasteiger partial charge in [0, 0.05) is 0 Å². The minimum atomic E-state index is -1.23. The van der Waals surface area contributed by atoms with Crippen LogP contribution in [0.25, 0.3) is 0 Å². The Morgan fingerprint density at radius 1 is 1.64 bits per heavy atom. The predicted molar refractivity (Wildman–Crippen MR) is 49.1 cm³/mol. The number of hydrogen-bond acceptors (Lipinski definition) is 4. The Labute approximate surface area is 80.3 Å². The molecule has 0 saturated heterocycles. The molecule has 14 heavy (non-hydrogen) atoms. The van der Waals surface area contributed by atoms with Crippen LogP contribution in [-0.2, 0) is 0 Å². The second-order valence-electron chi connectivity index (χ2n) is 2.52. The standard InChI is InChI=1S/C9H8N2O3/c1-14-7-3-2-6(11)5(4-10)8(7)9(12)13/h2-3H,11H2,1H3,(H,12,13). The third kappa shape index (κ3) is 1.45. The zero-order valence-corrected chi connectivity index (χ0v) is 7.44. The number of nitrogens with two attached hydrogens (primary N) is 1. The lowest BCUT2D eigenvalue weighted by Gasteiger charge is -2.07. The van der Waals surface area contributed by atoms with Crippen LogP contribution < -0.4 is 10.5 Å². The van der Waals surface area contributed by atoms with Gasteiger partial charge in [0.15, 0.2) is 0 Å². The van der Waals surface area contributed by atoms with Gasteiger partial charge in [-0.3, -0.25) is 0 Å². The van der Waals surface area contributed by atoms with Gasteiger partial charge in [-0.2, -0.15) is 5.26 Å². The van der Waals surface area contributed by atoms with Crippen molar-refractivity contribution >= 4 is 11.7 Å². The fourth-order valence-corrected chi connectivity index (χ4v) is 1.10. The predicted octanol–water partition coefficient (Wildman–Crippen LogP) is 0.847. The van der Waals surface area contributed by atoms with Gasteiger partial charge in [-0.05, 0) is 12.1 Å². The quantitative estimate of drug-likeness (QED) is 0.677. The summed E-state index contributed by atoms with van der Waals surface area (Å²) < 4.78 is 4.82. The van der Waals surface area contributed by atoms with E-state index in [4.69, 9.17) is 20.8 Å². The highest BCUT2D eigenvalue weighted by atomic mass is 16.5. The van der Waals surface area contributed by atoms with Crippen molar-refractivity contribution in [1.82, 2.24) is 0 Å². The summed E-state index contributed by atoms with van der Waals surface area (Å²) in [4.78, 5) is 10.8. The number of rotatable bonds is 2. The lowest BCUT2D eigenvalue weighted by Crippen LogP contribution is -2.06. The summed E-state index contributed by atoms with van der Waals surface area (Å²) in [6, 6.07) is 4.58. The van der Waals surface area contributed by atoms with Crippen molar-refractivity contribution in [2.45, 2.75) is 0 Å². The largest absolute Gasteiger partial charge is 0.496 e. The minimum absolute atomic E-state index is 0.0724. The molecule has 0 aromatic heterocycles. The molecule has 0 heterocycles. The highest BCUT2D eigenvalue weighted by Crippen LogP contribution is 2.26. The zero-order chi connectivity index (χ0) is 10.7. The molecule has 5 nitrogen and oxygen atoms in total. The molecule has 0 aliphatic heterocycles. The molecule has 0 bridgehead atoms. The number of nitrogens with zero attached hydrogens (tertiary/aromatic N) is 1. The Bertz CT molecular complexity index is 421. The summed E-state index contributed by atoms with van der Waals surface area (Å²) in [7, 11) is 1.33. The monoisotopic (exact) mass is 192 g/mol. The van der Waals surface area contributed by atoms with Gasteiger partial charge in [-0.1, -0.05) is 0 Å². The molecule has 1 aromatic rings. The molecule has 0 aliphatic carbocycles. The van der Waals surface area contributed by atoms with E-state index in [1.807, 2.05) is 0 Å². The lowest BCUT2D eigenvalue weighted by atomic mass is 10.1. The number of anilines is 1. The Morgan fingerprint density at radius 3 is 2.71 bits per heavy atom. The van der Waals surface area contributed by atoms with Crippen molar-refractivity contribution in [1.29, 1.82) is 5.26 Å². The van der Waals surface area contributed by atoms with Crippen molar-refractivity contribution < 1.29 is 14.6 Å². The Morgan fingerprint density at radius 2 is 2.29 bits per heavy atom. The summed E-state index contributed by atoms with van der Waals surface area (Å²) in [6.45, 7) is 0. The molecule has 72 valence electrons. The van der Waals surface area contributed by atoms with Gasteiger partial charge in [0.1, 0.15) is 17.4 Å². The maximum absolute atomic E-state index is 10.8. The second kappa shape index (κ2) is 3.66. The average Bonchev–Trinajstić information content (AvgIpc) is 2.17. The number of carbonyl (C=O) groups is 1. The molecular formula is C9H8N2O3. The summed E-state index contributed by atoms with van der Waals surface area (Å²) in [5.41, 5.74) is 5.31. The third-order valence-electron chi connectivity index (χ3n) is 1.74. The number of benzene rings is 1. The first kappa shape index (κ1) is 9.86. The number of nitriles is 1. The van der Waals surface area contributed by atoms with E-state index in [1.165, 1.54) is 19.2 Å². The van der Waals surface area contributed by atoms with Gasteiger partial charge in [-0.25, -0.2) is 4.79 Å². The zero-order valence-electron chi connectivity index (χ0n) is 7.44. The normalized spacial score (nSPS) is 9.14. The number of hydrogen-bond donors (Lipinski definition) is 2. The van der Waals surface area contributed by atoms with Crippen LogP contribution in [-0.4, -0.2) is 18.2 Å². The maximum Gasteiger partial charge on any atom is 0.340 e. The molecule has 0 spiro atoms. The molecule has 3 N–H and O–H groups in total. The van der Waals surface area contributed by atoms with Crippen LogP contribution in [0, 0.1) is 11.3 Å². The van der Waals surface area contributed by atoms with Gasteiger partial charge in [0.2, 0.25) is 0 Å². The van der Waals surface area contributed by atoms with E-state index in [2.05, 4.69) is 0 Å². The Hall–Kier alpha value is -2.22. The van der Waals surface area contributed by atoms with E-state index in [0.717, 1.165) is 0 Å². The van der Waals surface area contributed by atoms with Crippen LogP contribution in [0.4, 0.5) is 5.69 Å². The maximum atomic E-state index is 10.8. The summed E-state index contributed by atoms with van der Waals surface area (Å²) >= 11 is 0. The van der Waals surface area contributed by atoms with E-state index >= 15 is 0 Å². The van der Waals surface area contributed by atoms with Gasteiger partial charge in [0.05, 0.1) is 18.4 Å². The summed E-state index contributed by atoms with van der Waals surface area (Å²) in [6.07, 6.45) is 0. The number of nitrogen functional groups attached to an aromatic ring is 1. The van der Waals surface area contributed by atoms with Crippen LogP contribution in [0.3, 0.4) is 0 Å². The van der Waals surface area contributed by atoms with Gasteiger partial charge >= 0.3 is 5.97 Å². The number of carboxylic acids is 1. The van der Waals surface area contributed by atoms with Gasteiger partial charge in [0.25, 0.3) is 0 Å². The van der Waals surface area contributed by atoms with Crippen LogP contribution in [0.5, 0.6) is 5.75 Å². The molecular weight excluding hydrogens is 184 g/mol. The SMILES string of the molecule is COc1ccc(N)c(C#N)c1C(=O)O. The van der Waals surface area contributed by atoms with E-state index in [9.17, 15) is 4.79 Å². The first-order chi connectivity index (χ1) is 6.61. The fourth-order valence-electron chi connectivity index (χ4n) is 1.10. The molecule has 1 aromatic carbocycles. The number of aromatic carboxylic acids is 1. The summed E-state index contributed by atoms with van der Waals surface area (Å²) in [5.74, 6) is -1.10. The van der Waals surface area contributed by atoms with Crippen LogP contribution in [0.1, 0.15) is 15.9 Å². The molecule has 0 unspecified atom stereocenters. The molecule has 5 heteroatoms. The highest BCUT2D eigenvalue weighted by Gasteiger charge is 2.18. The Balaban J connectivity index is 3.54. The van der Waals surface area contributed by atoms with Crippen LogP contribution in [0.15, 0.2) is 12.1 Å². The molecule has 0 aliphatic rings. The van der Waals surface area contributed by atoms with Gasteiger partial charge in [-0.15, -0.1) is 0 Å². The van der Waals surface area contributed by atoms with Crippen molar-refractivity contribution in [3.63, 3.8) is 0 Å². The molecule has 0 fully saturated rings. The first-order valence-electron chi connectivity index (χ1n) is 3.71. The molecule has 0 saturated carbocycles. The minimum Gasteiger partial charge on any atom is -0.496 e.